The van der Waals surface area contributed by atoms with Gasteiger partial charge in [0.2, 0.25) is 5.91 Å². The highest BCUT2D eigenvalue weighted by molar-refractivity contribution is 6.30. The Bertz CT molecular complexity index is 974. The van der Waals surface area contributed by atoms with Gasteiger partial charge in [0.15, 0.2) is 12.1 Å². The highest BCUT2D eigenvalue weighted by Crippen LogP contribution is 2.13. The van der Waals surface area contributed by atoms with Gasteiger partial charge < -0.3 is 39.2 Å². The van der Waals surface area contributed by atoms with Crippen LogP contribution in [0, 0.1) is 5.92 Å². The van der Waals surface area contributed by atoms with Crippen LogP contribution in [0.15, 0.2) is 54.6 Å². The van der Waals surface area contributed by atoms with Crippen molar-refractivity contribution in [2.75, 3.05) is 6.54 Å². The van der Waals surface area contributed by atoms with Crippen LogP contribution in [-0.2, 0) is 27.2 Å². The van der Waals surface area contributed by atoms with Crippen LogP contribution in [0.1, 0.15) is 31.9 Å². The molecule has 3 amide bonds. The molecule has 8 nitrogen and oxygen atoms in total. The van der Waals surface area contributed by atoms with E-state index in [4.69, 9.17) is 11.6 Å². The number of benzene rings is 2. The molecule has 0 aliphatic carbocycles. The lowest BCUT2D eigenvalue weighted by molar-refractivity contribution is -0.403. The van der Waals surface area contributed by atoms with Crippen molar-refractivity contribution in [3.63, 3.8) is 0 Å². The number of hydrogen-bond donors (Lipinski definition) is 5. The van der Waals surface area contributed by atoms with Crippen molar-refractivity contribution in [1.82, 2.24) is 16.0 Å². The number of carbonyl (C=O) groups is 3. The summed E-state index contributed by atoms with van der Waals surface area (Å²) in [7, 11) is 0. The molecule has 0 spiro atoms. The Morgan fingerprint density at radius 3 is 2.03 bits per heavy atom. The van der Waals surface area contributed by atoms with Crippen molar-refractivity contribution in [1.29, 1.82) is 0 Å². The predicted molar refractivity (Wildman–Crippen MR) is 135 cm³/mol. The van der Waals surface area contributed by atoms with E-state index in [1.165, 1.54) is 0 Å². The summed E-state index contributed by atoms with van der Waals surface area (Å²) in [6.07, 6.45) is -0.836. The first-order valence-corrected chi connectivity index (χ1v) is 12.2. The molecule has 198 valence electrons. The standard InChI is InChI=1S/C26H35ClN4O4.ClH/c1-4-29-26(35)23(32)21(15-18-10-12-19(27)13-11-18)30-25(34)22(16(2)3)31-24(33)20(28)14-17-8-6-5-7-9-17;/h5-13,16,20-23,32H,4,14-15,28H2,1-3H3,(H,29,35)(H,30,34)(H,31,33);1H/t20-,21-,22-,23?;/m0./s1. The third-order valence-electron chi connectivity index (χ3n) is 5.64. The van der Waals surface area contributed by atoms with Crippen LogP contribution >= 0.6 is 11.6 Å². The van der Waals surface area contributed by atoms with Crippen LogP contribution in [0.3, 0.4) is 0 Å². The van der Waals surface area contributed by atoms with Crippen LogP contribution in [0.5, 0.6) is 0 Å². The van der Waals surface area contributed by atoms with E-state index < -0.39 is 36.0 Å². The molecule has 2 aromatic rings. The summed E-state index contributed by atoms with van der Waals surface area (Å²) in [4.78, 5) is 38.4. The van der Waals surface area contributed by atoms with Gasteiger partial charge in [0.1, 0.15) is 6.04 Å². The minimum atomic E-state index is -1.48. The molecule has 0 saturated heterocycles. The molecule has 10 heteroatoms. The number of hydrogen-bond acceptors (Lipinski definition) is 4. The lowest BCUT2D eigenvalue weighted by Gasteiger charge is -2.28. The number of aliphatic hydroxyl groups is 1. The number of aliphatic hydroxyl groups excluding tert-OH is 1. The van der Waals surface area contributed by atoms with E-state index >= 15 is 0 Å². The fraction of sp³-hybridized carbons (Fsp3) is 0.423. The van der Waals surface area contributed by atoms with E-state index in [-0.39, 0.29) is 30.7 Å². The summed E-state index contributed by atoms with van der Waals surface area (Å²) < 4.78 is 0. The van der Waals surface area contributed by atoms with E-state index in [0.717, 1.165) is 11.1 Å². The lowest BCUT2D eigenvalue weighted by Crippen LogP contribution is -3.00. The van der Waals surface area contributed by atoms with Gasteiger partial charge in [-0.25, -0.2) is 0 Å². The summed E-state index contributed by atoms with van der Waals surface area (Å²) in [5.41, 5.74) is 5.71. The smallest absolute Gasteiger partial charge is 0.279 e. The molecule has 0 bridgehead atoms. The fourth-order valence-electron chi connectivity index (χ4n) is 3.65. The number of amides is 3. The van der Waals surface area contributed by atoms with E-state index in [2.05, 4.69) is 21.7 Å². The molecule has 2 aromatic carbocycles. The molecule has 7 N–H and O–H groups in total. The Balaban J connectivity index is 0.00000648. The van der Waals surface area contributed by atoms with E-state index in [1.54, 1.807) is 31.2 Å². The van der Waals surface area contributed by atoms with Gasteiger partial charge in [-0.15, -0.1) is 0 Å². The first-order valence-electron chi connectivity index (χ1n) is 11.8. The number of halogens is 2. The molecule has 0 saturated carbocycles. The number of quaternary nitrogens is 1. The average molecular weight is 540 g/mol. The average Bonchev–Trinajstić information content (AvgIpc) is 2.83. The summed E-state index contributed by atoms with van der Waals surface area (Å²) >= 11 is 5.96. The highest BCUT2D eigenvalue weighted by Gasteiger charge is 2.33. The summed E-state index contributed by atoms with van der Waals surface area (Å²) in [5, 5.41) is 19.4. The van der Waals surface area contributed by atoms with Crippen molar-refractivity contribution in [2.45, 2.75) is 57.8 Å². The molecule has 0 radical (unpaired) electrons. The third-order valence-corrected chi connectivity index (χ3v) is 5.89. The van der Waals surface area contributed by atoms with E-state index in [9.17, 15) is 19.5 Å². The summed E-state index contributed by atoms with van der Waals surface area (Å²) in [5.74, 6) is -1.65. The van der Waals surface area contributed by atoms with Gasteiger partial charge in [0.25, 0.3) is 11.8 Å². The minimum Gasteiger partial charge on any atom is -1.00 e. The maximum absolute atomic E-state index is 13.2. The number of likely N-dealkylation sites (N-methyl/N-ethyl adjacent to an activating group) is 1. The van der Waals surface area contributed by atoms with Gasteiger partial charge in [-0.3, -0.25) is 14.4 Å². The van der Waals surface area contributed by atoms with Gasteiger partial charge in [-0.1, -0.05) is 67.9 Å². The Morgan fingerprint density at radius 1 is 0.889 bits per heavy atom. The summed E-state index contributed by atoms with van der Waals surface area (Å²) in [6.45, 7) is 5.71. The molecule has 0 aliphatic heterocycles. The monoisotopic (exact) mass is 538 g/mol. The van der Waals surface area contributed by atoms with Crippen molar-refractivity contribution < 1.29 is 37.6 Å². The van der Waals surface area contributed by atoms with Gasteiger partial charge in [-0.05, 0) is 42.5 Å². The summed E-state index contributed by atoms with van der Waals surface area (Å²) in [6, 6.07) is 14.1. The van der Waals surface area contributed by atoms with Crippen LogP contribution < -0.4 is 34.1 Å². The lowest BCUT2D eigenvalue weighted by atomic mass is 9.97. The van der Waals surface area contributed by atoms with Gasteiger partial charge in [0.05, 0.1) is 6.04 Å². The maximum Gasteiger partial charge on any atom is 0.279 e. The minimum absolute atomic E-state index is 0. The van der Waals surface area contributed by atoms with Crippen LogP contribution in [0.25, 0.3) is 0 Å². The molecule has 0 heterocycles. The van der Waals surface area contributed by atoms with E-state index in [0.29, 0.717) is 18.0 Å². The number of nitrogens with one attached hydrogen (secondary N) is 3. The molecule has 2 rings (SSSR count). The van der Waals surface area contributed by atoms with Crippen LogP contribution in [0.4, 0.5) is 0 Å². The molecular weight excluding hydrogens is 503 g/mol. The maximum atomic E-state index is 13.2. The SMILES string of the molecule is CCNC(=O)C(O)[C@H](Cc1ccc(Cl)cc1)NC(=O)[C@@H](NC(=O)[C@@H]([NH3+])Cc1ccccc1)C(C)C.[Cl-]. The first-order chi connectivity index (χ1) is 16.6. The van der Waals surface area contributed by atoms with Gasteiger partial charge >= 0.3 is 0 Å². The molecule has 0 aromatic heterocycles. The van der Waals surface area contributed by atoms with Crippen molar-refractivity contribution >= 4 is 29.3 Å². The first kappa shape index (κ1) is 31.4. The topological polar surface area (TPSA) is 135 Å². The quantitative estimate of drug-likeness (QED) is 0.211. The van der Waals surface area contributed by atoms with Crippen molar-refractivity contribution in [2.24, 2.45) is 5.92 Å². The van der Waals surface area contributed by atoms with Gasteiger partial charge in [-0.2, -0.15) is 0 Å². The van der Waals surface area contributed by atoms with Crippen molar-refractivity contribution in [3.8, 4) is 0 Å². The fourth-order valence-corrected chi connectivity index (χ4v) is 3.77. The molecule has 36 heavy (non-hydrogen) atoms. The Morgan fingerprint density at radius 2 is 1.47 bits per heavy atom. The van der Waals surface area contributed by atoms with Crippen LogP contribution in [-0.4, -0.2) is 53.6 Å². The van der Waals surface area contributed by atoms with Gasteiger partial charge in [0, 0.05) is 18.0 Å². The zero-order valence-corrected chi connectivity index (χ0v) is 22.4. The Labute approximate surface area is 223 Å². The predicted octanol–water partition coefficient (Wildman–Crippen LogP) is -2.14. The Kier molecular flexibility index (Phi) is 13.5. The molecule has 0 aliphatic rings. The number of carbonyl (C=O) groups excluding carboxylic acids is 3. The zero-order chi connectivity index (χ0) is 26.0. The Hall–Kier alpha value is -2.65. The third kappa shape index (κ3) is 9.78. The van der Waals surface area contributed by atoms with Crippen molar-refractivity contribution in [3.05, 3.63) is 70.7 Å². The largest absolute Gasteiger partial charge is 1.00 e. The number of rotatable bonds is 12. The molecule has 0 fully saturated rings. The van der Waals surface area contributed by atoms with Crippen LogP contribution in [0.2, 0.25) is 5.02 Å². The molecule has 1 unspecified atom stereocenters. The second-order valence-electron chi connectivity index (χ2n) is 8.90. The normalized spacial score (nSPS) is 14.1. The second-order valence-corrected chi connectivity index (χ2v) is 9.34. The zero-order valence-electron chi connectivity index (χ0n) is 20.8. The van der Waals surface area contributed by atoms with E-state index in [1.807, 2.05) is 44.2 Å². The molecular formula is C26H36Cl2N4O4. The molecule has 4 atom stereocenters. The second kappa shape index (κ2) is 15.5. The highest BCUT2D eigenvalue weighted by atomic mass is 35.5.